The first-order valence-electron chi connectivity index (χ1n) is 10.3. The number of carbonyl (C=O) groups is 3. The fourth-order valence-corrected chi connectivity index (χ4v) is 4.73. The predicted molar refractivity (Wildman–Crippen MR) is 114 cm³/mol. The Morgan fingerprint density at radius 1 is 1.13 bits per heavy atom. The summed E-state index contributed by atoms with van der Waals surface area (Å²) in [6, 6.07) is 13.3. The second-order valence-electron chi connectivity index (χ2n) is 8.06. The Hall–Kier alpha value is -2.93. The molecule has 0 saturated carbocycles. The van der Waals surface area contributed by atoms with Crippen molar-refractivity contribution in [3.05, 3.63) is 70.5 Å². The van der Waals surface area contributed by atoms with Gasteiger partial charge in [0.2, 0.25) is 0 Å². The zero-order chi connectivity index (χ0) is 22.0. The molecule has 0 radical (unpaired) electrons. The minimum atomic E-state index is -0.985. The Balaban J connectivity index is 1.46. The van der Waals surface area contributed by atoms with E-state index in [0.29, 0.717) is 44.3 Å². The number of amides is 4. The Kier molecular flexibility index (Phi) is 5.96. The van der Waals surface area contributed by atoms with Crippen LogP contribution in [0.3, 0.4) is 0 Å². The molecule has 4 rings (SSSR count). The molecule has 6 nitrogen and oxygen atoms in total. The SMILES string of the molecule is O=C1NC(=O)C(CCc2ccccc2)(C2CCN(C(=O)c3ccc(F)c(Cl)c3)CC2)N1. The maximum absolute atomic E-state index is 13.4. The van der Waals surface area contributed by atoms with Crippen LogP contribution in [0.15, 0.2) is 48.5 Å². The molecule has 2 N–H and O–H groups in total. The van der Waals surface area contributed by atoms with E-state index in [2.05, 4.69) is 10.6 Å². The van der Waals surface area contributed by atoms with Gasteiger partial charge in [-0.25, -0.2) is 9.18 Å². The highest BCUT2D eigenvalue weighted by Crippen LogP contribution is 2.35. The molecule has 2 aliphatic heterocycles. The number of rotatable bonds is 5. The second kappa shape index (κ2) is 8.67. The highest BCUT2D eigenvalue weighted by Gasteiger charge is 2.52. The van der Waals surface area contributed by atoms with E-state index in [4.69, 9.17) is 11.6 Å². The number of aryl methyl sites for hydroxylation is 1. The summed E-state index contributed by atoms with van der Waals surface area (Å²) >= 11 is 5.81. The van der Waals surface area contributed by atoms with Crippen molar-refractivity contribution in [3.63, 3.8) is 0 Å². The number of urea groups is 1. The van der Waals surface area contributed by atoms with E-state index in [1.807, 2.05) is 30.3 Å². The molecule has 2 fully saturated rings. The van der Waals surface area contributed by atoms with E-state index in [1.54, 1.807) is 4.90 Å². The van der Waals surface area contributed by atoms with Crippen LogP contribution in [-0.4, -0.2) is 41.4 Å². The topological polar surface area (TPSA) is 78.5 Å². The molecule has 2 aromatic rings. The van der Waals surface area contributed by atoms with Crippen LogP contribution in [0, 0.1) is 11.7 Å². The van der Waals surface area contributed by atoms with Crippen LogP contribution in [0.4, 0.5) is 9.18 Å². The number of piperidine rings is 1. The molecule has 2 saturated heterocycles. The van der Waals surface area contributed by atoms with Crippen LogP contribution >= 0.6 is 11.6 Å². The normalized spacial score (nSPS) is 21.7. The third-order valence-corrected chi connectivity index (χ3v) is 6.55. The monoisotopic (exact) mass is 443 g/mol. The average molecular weight is 444 g/mol. The third-order valence-electron chi connectivity index (χ3n) is 6.27. The van der Waals surface area contributed by atoms with E-state index in [1.165, 1.54) is 18.2 Å². The first-order valence-corrected chi connectivity index (χ1v) is 10.7. The molecule has 0 spiro atoms. The van der Waals surface area contributed by atoms with Gasteiger partial charge in [0.15, 0.2) is 0 Å². The molecule has 2 heterocycles. The Labute approximate surface area is 184 Å². The summed E-state index contributed by atoms with van der Waals surface area (Å²) in [4.78, 5) is 39.3. The quantitative estimate of drug-likeness (QED) is 0.694. The van der Waals surface area contributed by atoms with Crippen LogP contribution in [0.1, 0.15) is 35.2 Å². The van der Waals surface area contributed by atoms with Crippen molar-refractivity contribution in [1.82, 2.24) is 15.5 Å². The smallest absolute Gasteiger partial charge is 0.322 e. The van der Waals surface area contributed by atoms with Crippen molar-refractivity contribution in [2.45, 2.75) is 31.2 Å². The Morgan fingerprint density at radius 2 is 1.84 bits per heavy atom. The van der Waals surface area contributed by atoms with Crippen molar-refractivity contribution < 1.29 is 18.8 Å². The fraction of sp³-hybridized carbons (Fsp3) is 0.348. The molecule has 2 aromatic carbocycles. The van der Waals surface area contributed by atoms with Crippen LogP contribution in [0.5, 0.6) is 0 Å². The van der Waals surface area contributed by atoms with Crippen LogP contribution in [-0.2, 0) is 11.2 Å². The van der Waals surface area contributed by atoms with Crippen molar-refractivity contribution in [3.8, 4) is 0 Å². The lowest BCUT2D eigenvalue weighted by Crippen LogP contribution is -2.56. The summed E-state index contributed by atoms with van der Waals surface area (Å²) in [7, 11) is 0. The van der Waals surface area contributed by atoms with Gasteiger partial charge >= 0.3 is 6.03 Å². The van der Waals surface area contributed by atoms with E-state index in [-0.39, 0.29) is 22.8 Å². The van der Waals surface area contributed by atoms with Gasteiger partial charge in [-0.15, -0.1) is 0 Å². The summed E-state index contributed by atoms with van der Waals surface area (Å²) < 4.78 is 13.4. The zero-order valence-electron chi connectivity index (χ0n) is 16.9. The number of likely N-dealkylation sites (tertiary alicyclic amines) is 1. The molecule has 1 atom stereocenters. The number of halogens is 2. The third kappa shape index (κ3) is 4.28. The van der Waals surface area contributed by atoms with Crippen molar-refractivity contribution in [2.24, 2.45) is 5.92 Å². The number of benzene rings is 2. The van der Waals surface area contributed by atoms with Crippen molar-refractivity contribution >= 4 is 29.4 Å². The molecular weight excluding hydrogens is 421 g/mol. The number of carbonyl (C=O) groups excluding carboxylic acids is 3. The van der Waals surface area contributed by atoms with Gasteiger partial charge < -0.3 is 10.2 Å². The molecule has 4 amide bonds. The van der Waals surface area contributed by atoms with Gasteiger partial charge in [0.05, 0.1) is 5.02 Å². The van der Waals surface area contributed by atoms with Crippen LogP contribution < -0.4 is 10.6 Å². The van der Waals surface area contributed by atoms with E-state index in [9.17, 15) is 18.8 Å². The van der Waals surface area contributed by atoms with Crippen LogP contribution in [0.2, 0.25) is 5.02 Å². The Morgan fingerprint density at radius 3 is 2.45 bits per heavy atom. The van der Waals surface area contributed by atoms with Crippen molar-refractivity contribution in [1.29, 1.82) is 0 Å². The van der Waals surface area contributed by atoms with Gasteiger partial charge in [0.25, 0.3) is 11.8 Å². The lowest BCUT2D eigenvalue weighted by Gasteiger charge is -2.40. The lowest BCUT2D eigenvalue weighted by atomic mass is 9.74. The predicted octanol–water partition coefficient (Wildman–Crippen LogP) is 3.54. The first kappa shape index (κ1) is 21.3. The van der Waals surface area contributed by atoms with Gasteiger partial charge in [0.1, 0.15) is 11.4 Å². The fourth-order valence-electron chi connectivity index (χ4n) is 4.55. The van der Waals surface area contributed by atoms with Gasteiger partial charge in [-0.3, -0.25) is 14.9 Å². The number of hydrogen-bond donors (Lipinski definition) is 2. The maximum Gasteiger partial charge on any atom is 0.322 e. The number of nitrogens with one attached hydrogen (secondary N) is 2. The molecule has 162 valence electrons. The maximum atomic E-state index is 13.4. The number of hydrogen-bond acceptors (Lipinski definition) is 3. The van der Waals surface area contributed by atoms with Crippen LogP contribution in [0.25, 0.3) is 0 Å². The van der Waals surface area contributed by atoms with Gasteiger partial charge in [-0.2, -0.15) is 0 Å². The highest BCUT2D eigenvalue weighted by atomic mass is 35.5. The van der Waals surface area contributed by atoms with E-state index < -0.39 is 17.4 Å². The van der Waals surface area contributed by atoms with E-state index >= 15 is 0 Å². The molecule has 8 heteroatoms. The molecule has 1 unspecified atom stereocenters. The summed E-state index contributed by atoms with van der Waals surface area (Å²) in [5.74, 6) is -1.19. The summed E-state index contributed by atoms with van der Waals surface area (Å²) in [6.07, 6.45) is 2.29. The van der Waals surface area contributed by atoms with E-state index in [0.717, 1.165) is 5.56 Å². The molecular formula is C23H23ClFN3O3. The molecule has 0 bridgehead atoms. The summed E-state index contributed by atoms with van der Waals surface area (Å²) in [6.45, 7) is 0.878. The lowest BCUT2D eigenvalue weighted by molar-refractivity contribution is -0.126. The number of imide groups is 1. The largest absolute Gasteiger partial charge is 0.339 e. The second-order valence-corrected chi connectivity index (χ2v) is 8.47. The standard InChI is InChI=1S/C23H23ClFN3O3/c24-18-14-16(6-7-19(18)25)20(29)28-12-9-17(10-13-28)23(21(30)26-22(31)27-23)11-8-15-4-2-1-3-5-15/h1-7,14,17H,8-13H2,(H2,26,27,30,31). The minimum Gasteiger partial charge on any atom is -0.339 e. The summed E-state index contributed by atoms with van der Waals surface area (Å²) in [5, 5.41) is 5.19. The minimum absolute atomic E-state index is 0.0917. The highest BCUT2D eigenvalue weighted by molar-refractivity contribution is 6.31. The molecule has 0 aliphatic carbocycles. The molecule has 0 aromatic heterocycles. The first-order chi connectivity index (χ1) is 14.9. The van der Waals surface area contributed by atoms with Crippen molar-refractivity contribution in [2.75, 3.05) is 13.1 Å². The number of nitrogens with zero attached hydrogens (tertiary/aromatic N) is 1. The zero-order valence-corrected chi connectivity index (χ0v) is 17.6. The summed E-state index contributed by atoms with van der Waals surface area (Å²) in [5.41, 5.74) is 0.438. The van der Waals surface area contributed by atoms with Gasteiger partial charge in [-0.05, 0) is 55.4 Å². The van der Waals surface area contributed by atoms with Gasteiger partial charge in [0, 0.05) is 18.7 Å². The Bertz CT molecular complexity index is 1010. The molecule has 2 aliphatic rings. The van der Waals surface area contributed by atoms with Gasteiger partial charge in [-0.1, -0.05) is 41.9 Å². The average Bonchev–Trinajstić information content (AvgIpc) is 3.08. The molecule has 31 heavy (non-hydrogen) atoms.